The molecule has 0 aromatic carbocycles. The van der Waals surface area contributed by atoms with Crippen LogP contribution >= 0.6 is 11.3 Å². The number of piperidine rings is 1. The van der Waals surface area contributed by atoms with Crippen molar-refractivity contribution in [2.75, 3.05) is 59.7 Å². The molecule has 1 atom stereocenters. The number of carboxylic acid groups (broad SMARTS) is 2. The second-order valence-electron chi connectivity index (χ2n) is 8.37. The van der Waals surface area contributed by atoms with Crippen molar-refractivity contribution in [1.82, 2.24) is 9.80 Å². The highest BCUT2D eigenvalue weighted by atomic mass is 32.1. The number of alkyl halides is 6. The molecular formula is C21H30F6N2O6S. The van der Waals surface area contributed by atoms with E-state index in [1.165, 1.54) is 24.9 Å². The Bertz CT molecular complexity index is 769. The molecule has 2 saturated heterocycles. The van der Waals surface area contributed by atoms with Gasteiger partial charge in [0.1, 0.15) is 0 Å². The van der Waals surface area contributed by atoms with E-state index >= 15 is 0 Å². The van der Waals surface area contributed by atoms with Crippen molar-refractivity contribution in [2.45, 2.75) is 31.7 Å². The number of likely N-dealkylation sites (tertiary alicyclic amines) is 1. The molecule has 1 unspecified atom stereocenters. The van der Waals surface area contributed by atoms with Crippen LogP contribution in [0.1, 0.15) is 18.4 Å². The molecule has 2 aliphatic heterocycles. The molecule has 2 fully saturated rings. The lowest BCUT2D eigenvalue weighted by atomic mass is 9.80. The molecule has 0 aliphatic carbocycles. The van der Waals surface area contributed by atoms with Crippen molar-refractivity contribution in [3.8, 4) is 0 Å². The Morgan fingerprint density at radius 3 is 2.17 bits per heavy atom. The molecule has 1 aromatic rings. The van der Waals surface area contributed by atoms with Gasteiger partial charge in [0.2, 0.25) is 0 Å². The van der Waals surface area contributed by atoms with Gasteiger partial charge in [0.05, 0.1) is 19.8 Å². The summed E-state index contributed by atoms with van der Waals surface area (Å²) in [6.45, 7) is 9.25. The minimum atomic E-state index is -5.08. The lowest BCUT2D eigenvalue weighted by molar-refractivity contribution is -0.193. The van der Waals surface area contributed by atoms with Crippen molar-refractivity contribution < 1.29 is 55.6 Å². The van der Waals surface area contributed by atoms with Crippen molar-refractivity contribution in [3.05, 3.63) is 22.4 Å². The number of ether oxygens (including phenoxy) is 2. The molecule has 1 aromatic heterocycles. The number of nitrogens with zero attached hydrogens (tertiary/aromatic N) is 2. The largest absolute Gasteiger partial charge is 0.490 e. The summed E-state index contributed by atoms with van der Waals surface area (Å²) in [5.41, 5.74) is 1.76. The third-order valence-electron chi connectivity index (χ3n) is 5.34. The summed E-state index contributed by atoms with van der Waals surface area (Å²) in [4.78, 5) is 22.9. The van der Waals surface area contributed by atoms with E-state index < -0.39 is 24.3 Å². The van der Waals surface area contributed by atoms with Gasteiger partial charge in [-0.25, -0.2) is 9.59 Å². The third-order valence-corrected chi connectivity index (χ3v) is 6.07. The second kappa shape index (κ2) is 14.7. The van der Waals surface area contributed by atoms with Crippen LogP contribution in [0.4, 0.5) is 26.3 Å². The van der Waals surface area contributed by atoms with Gasteiger partial charge < -0.3 is 19.7 Å². The first kappa shape index (κ1) is 32.1. The fourth-order valence-electron chi connectivity index (χ4n) is 3.83. The SMILES string of the molecule is COCCN1CCOCC2(CCCN(Cc3ccsc3)C2)C1.O=C(O)C(F)(F)F.O=C(O)C(F)(F)F. The zero-order chi connectivity index (χ0) is 27.4. The molecule has 2 N–H and O–H groups in total. The summed E-state index contributed by atoms with van der Waals surface area (Å²) in [6, 6.07) is 2.25. The number of carboxylic acids is 2. The molecule has 0 saturated carbocycles. The van der Waals surface area contributed by atoms with Gasteiger partial charge in [0, 0.05) is 45.2 Å². The van der Waals surface area contributed by atoms with Gasteiger partial charge in [-0.05, 0) is 41.8 Å². The fourth-order valence-corrected chi connectivity index (χ4v) is 4.49. The molecule has 208 valence electrons. The Morgan fingerprint density at radius 1 is 1.08 bits per heavy atom. The average molecular weight is 553 g/mol. The summed E-state index contributed by atoms with van der Waals surface area (Å²) in [5, 5.41) is 18.7. The van der Waals surface area contributed by atoms with Crippen molar-refractivity contribution in [1.29, 1.82) is 0 Å². The van der Waals surface area contributed by atoms with Gasteiger partial charge in [-0.1, -0.05) is 0 Å². The predicted octanol–water partition coefficient (Wildman–Crippen LogP) is 3.58. The van der Waals surface area contributed by atoms with Crippen LogP contribution in [-0.2, 0) is 25.6 Å². The first-order valence-electron chi connectivity index (χ1n) is 10.8. The summed E-state index contributed by atoms with van der Waals surface area (Å²) in [5.74, 6) is -5.51. The molecule has 2 aliphatic rings. The molecule has 3 heterocycles. The Morgan fingerprint density at radius 2 is 1.67 bits per heavy atom. The predicted molar refractivity (Wildman–Crippen MR) is 118 cm³/mol. The summed E-state index contributed by atoms with van der Waals surface area (Å²) >= 11 is 1.79. The Balaban J connectivity index is 0.000000383. The average Bonchev–Trinajstić information content (AvgIpc) is 3.20. The van der Waals surface area contributed by atoms with Crippen LogP contribution in [0.2, 0.25) is 0 Å². The fraction of sp³-hybridized carbons (Fsp3) is 0.714. The number of rotatable bonds is 5. The van der Waals surface area contributed by atoms with Gasteiger partial charge in [0.15, 0.2) is 0 Å². The van der Waals surface area contributed by atoms with Crippen LogP contribution in [-0.4, -0.2) is 104 Å². The Kier molecular flexibility index (Phi) is 13.1. The van der Waals surface area contributed by atoms with Crippen LogP contribution in [0.3, 0.4) is 0 Å². The molecular weight excluding hydrogens is 522 g/mol. The number of hydrogen-bond donors (Lipinski definition) is 2. The van der Waals surface area contributed by atoms with Crippen LogP contribution in [0, 0.1) is 5.41 Å². The summed E-state index contributed by atoms with van der Waals surface area (Å²) in [6.07, 6.45) is -7.60. The molecule has 36 heavy (non-hydrogen) atoms. The molecule has 0 amide bonds. The monoisotopic (exact) mass is 552 g/mol. The first-order chi connectivity index (χ1) is 16.7. The third kappa shape index (κ3) is 12.3. The maximum atomic E-state index is 10.6. The highest BCUT2D eigenvalue weighted by Gasteiger charge is 2.39. The van der Waals surface area contributed by atoms with E-state index in [1.807, 2.05) is 0 Å². The van der Waals surface area contributed by atoms with Crippen LogP contribution in [0.25, 0.3) is 0 Å². The molecule has 1 spiro atoms. The van der Waals surface area contributed by atoms with Crippen LogP contribution in [0.15, 0.2) is 16.8 Å². The zero-order valence-electron chi connectivity index (χ0n) is 19.6. The molecule has 8 nitrogen and oxygen atoms in total. The van der Waals surface area contributed by atoms with Crippen molar-refractivity contribution >= 4 is 23.3 Å². The number of thiophene rings is 1. The lowest BCUT2D eigenvalue weighted by Crippen LogP contribution is -2.50. The van der Waals surface area contributed by atoms with E-state index in [9.17, 15) is 26.3 Å². The van der Waals surface area contributed by atoms with Gasteiger partial charge in [-0.3, -0.25) is 9.80 Å². The topological polar surface area (TPSA) is 99.5 Å². The molecule has 0 bridgehead atoms. The quantitative estimate of drug-likeness (QED) is 0.535. The zero-order valence-corrected chi connectivity index (χ0v) is 20.4. The number of halogens is 6. The summed E-state index contributed by atoms with van der Waals surface area (Å²) < 4.78 is 74.7. The van der Waals surface area contributed by atoms with E-state index in [-0.39, 0.29) is 0 Å². The summed E-state index contributed by atoms with van der Waals surface area (Å²) in [7, 11) is 1.79. The molecule has 3 rings (SSSR count). The number of methoxy groups -OCH3 is 1. The van der Waals surface area contributed by atoms with E-state index in [1.54, 1.807) is 18.4 Å². The maximum Gasteiger partial charge on any atom is 0.490 e. The van der Waals surface area contributed by atoms with E-state index in [2.05, 4.69) is 26.6 Å². The van der Waals surface area contributed by atoms with Gasteiger partial charge in [-0.15, -0.1) is 0 Å². The van der Waals surface area contributed by atoms with Crippen molar-refractivity contribution in [2.24, 2.45) is 5.41 Å². The van der Waals surface area contributed by atoms with Crippen molar-refractivity contribution in [3.63, 3.8) is 0 Å². The number of aliphatic carboxylic acids is 2. The smallest absolute Gasteiger partial charge is 0.475 e. The molecule has 0 radical (unpaired) electrons. The van der Waals surface area contributed by atoms with E-state index in [0.717, 1.165) is 52.5 Å². The number of hydrogen-bond acceptors (Lipinski definition) is 7. The van der Waals surface area contributed by atoms with E-state index in [0.29, 0.717) is 5.41 Å². The first-order valence-corrected chi connectivity index (χ1v) is 11.8. The number of carbonyl (C=O) groups is 2. The van der Waals surface area contributed by atoms with E-state index in [4.69, 9.17) is 29.3 Å². The Hall–Kier alpha value is -1.94. The molecule has 15 heteroatoms. The van der Waals surface area contributed by atoms with Gasteiger partial charge >= 0.3 is 24.3 Å². The standard InChI is InChI=1S/C17H28N2O2S.2C2HF3O2/c1-20-8-6-18-7-9-21-15-17(13-18)4-2-5-19(14-17)11-16-3-10-22-12-16;2*3-2(4,5)1(6)7/h3,10,12H,2,4-9,11,13-15H2,1H3;2*(H,6,7). The second-order valence-corrected chi connectivity index (χ2v) is 9.15. The lowest BCUT2D eigenvalue weighted by Gasteiger charge is -2.43. The Labute approximate surface area is 208 Å². The maximum absolute atomic E-state index is 10.6. The highest BCUT2D eigenvalue weighted by molar-refractivity contribution is 7.07. The highest BCUT2D eigenvalue weighted by Crippen LogP contribution is 2.33. The normalized spacial score (nSPS) is 21.5. The van der Waals surface area contributed by atoms with Crippen LogP contribution < -0.4 is 0 Å². The van der Waals surface area contributed by atoms with Crippen LogP contribution in [0.5, 0.6) is 0 Å². The van der Waals surface area contributed by atoms with Gasteiger partial charge in [0.25, 0.3) is 0 Å². The minimum Gasteiger partial charge on any atom is -0.475 e. The minimum absolute atomic E-state index is 0.304. The van der Waals surface area contributed by atoms with Gasteiger partial charge in [-0.2, -0.15) is 37.7 Å².